The molecule has 0 heterocycles. The van der Waals surface area contributed by atoms with Crippen LogP contribution in [0.25, 0.3) is 0 Å². The van der Waals surface area contributed by atoms with Crippen molar-refractivity contribution >= 4 is 35.3 Å². The lowest BCUT2D eigenvalue weighted by molar-refractivity contribution is 0.169. The molecule has 0 saturated heterocycles. The number of primary amides is 1. The number of nitrogens with two attached hydrogens (primary N) is 1. The molecule has 1 aromatic carbocycles. The van der Waals surface area contributed by atoms with Crippen LogP contribution in [0.5, 0.6) is 0 Å². The molecular weight excluding hydrogens is 347 g/mol. The Morgan fingerprint density at radius 2 is 1.67 bits per heavy atom. The van der Waals surface area contributed by atoms with Crippen molar-refractivity contribution in [3.05, 3.63) is 35.6 Å². The van der Waals surface area contributed by atoms with Gasteiger partial charge in [0, 0.05) is 12.1 Å². The van der Waals surface area contributed by atoms with Crippen LogP contribution in [0.15, 0.2) is 24.3 Å². The molecule has 0 fully saturated rings. The van der Waals surface area contributed by atoms with Gasteiger partial charge < -0.3 is 15.4 Å². The quantitative estimate of drug-likeness (QED) is 0.568. The number of carbonyl (C=O) groups excluding carboxylic acids is 1. The SMILES string of the molecule is CCC(C)N(C(=S)OCc1ccc(F)cc1)C(C)CC.NC(=O)S. The number of ether oxygens (including phenoxy) is 1. The molecule has 24 heavy (non-hydrogen) atoms. The highest BCUT2D eigenvalue weighted by Gasteiger charge is 2.21. The number of rotatable bonds is 6. The Hall–Kier alpha value is -1.34. The van der Waals surface area contributed by atoms with Crippen molar-refractivity contribution in [1.29, 1.82) is 0 Å². The maximum Gasteiger partial charge on any atom is 0.273 e. The average Bonchev–Trinajstić information content (AvgIpc) is 2.53. The third kappa shape index (κ3) is 9.08. The molecule has 2 atom stereocenters. The second-order valence-corrected chi connectivity index (χ2v) is 6.23. The topological polar surface area (TPSA) is 55.6 Å². The molecule has 4 nitrogen and oxygen atoms in total. The summed E-state index contributed by atoms with van der Waals surface area (Å²) in [6, 6.07) is 7.01. The van der Waals surface area contributed by atoms with E-state index < -0.39 is 5.24 Å². The molecule has 2 unspecified atom stereocenters. The van der Waals surface area contributed by atoms with Gasteiger partial charge in [-0.2, -0.15) is 0 Å². The van der Waals surface area contributed by atoms with E-state index in [1.807, 2.05) is 0 Å². The van der Waals surface area contributed by atoms with Gasteiger partial charge in [-0.25, -0.2) is 4.39 Å². The van der Waals surface area contributed by atoms with Crippen LogP contribution in [0, 0.1) is 5.82 Å². The summed E-state index contributed by atoms with van der Waals surface area (Å²) in [5.41, 5.74) is 5.25. The van der Waals surface area contributed by atoms with Crippen LogP contribution in [0.4, 0.5) is 9.18 Å². The van der Waals surface area contributed by atoms with Gasteiger partial charge in [-0.05, 0) is 56.6 Å². The normalized spacial score (nSPS) is 12.4. The molecule has 0 saturated carbocycles. The van der Waals surface area contributed by atoms with Crippen LogP contribution in [0.2, 0.25) is 0 Å². The first-order valence-corrected chi connectivity index (χ1v) is 8.76. The standard InChI is InChI=1S/C16H24FNOS.CH3NOS/c1-5-12(3)18(13(4)6-2)16(20)19-11-14-7-9-15(17)10-8-14;2-1(3)4/h7-10,12-13H,5-6,11H2,1-4H3;(H3,2,3,4). The van der Waals surface area contributed by atoms with E-state index in [2.05, 4.69) is 51.0 Å². The van der Waals surface area contributed by atoms with E-state index in [0.717, 1.165) is 18.4 Å². The number of carbonyl (C=O) groups is 1. The lowest BCUT2D eigenvalue weighted by atomic mass is 10.1. The number of hydrogen-bond acceptors (Lipinski definition) is 3. The summed E-state index contributed by atoms with van der Waals surface area (Å²) in [6.07, 6.45) is 2.04. The molecule has 7 heteroatoms. The molecular formula is C17H27FN2O2S2. The predicted octanol–water partition coefficient (Wildman–Crippen LogP) is 4.52. The van der Waals surface area contributed by atoms with Crippen molar-refractivity contribution in [3.63, 3.8) is 0 Å². The van der Waals surface area contributed by atoms with Gasteiger partial charge in [0.25, 0.3) is 10.4 Å². The van der Waals surface area contributed by atoms with Crippen LogP contribution in [0.1, 0.15) is 46.1 Å². The van der Waals surface area contributed by atoms with Gasteiger partial charge in [0.1, 0.15) is 12.4 Å². The van der Waals surface area contributed by atoms with Crippen molar-refractivity contribution in [2.75, 3.05) is 0 Å². The minimum atomic E-state index is -0.639. The summed E-state index contributed by atoms with van der Waals surface area (Å²) < 4.78 is 18.6. The van der Waals surface area contributed by atoms with Crippen molar-refractivity contribution in [1.82, 2.24) is 4.90 Å². The Bertz CT molecular complexity index is 498. The fourth-order valence-corrected chi connectivity index (χ4v) is 2.41. The highest BCUT2D eigenvalue weighted by atomic mass is 32.1. The maximum atomic E-state index is 12.8. The summed E-state index contributed by atoms with van der Waals surface area (Å²) in [7, 11) is 0. The molecule has 1 amide bonds. The highest BCUT2D eigenvalue weighted by Crippen LogP contribution is 2.15. The van der Waals surface area contributed by atoms with Crippen LogP contribution in [-0.4, -0.2) is 27.4 Å². The molecule has 136 valence electrons. The fourth-order valence-electron chi connectivity index (χ4n) is 1.99. The summed E-state index contributed by atoms with van der Waals surface area (Å²) in [5, 5.41) is -0.113. The molecule has 0 radical (unpaired) electrons. The first-order chi connectivity index (χ1) is 11.2. The van der Waals surface area contributed by atoms with E-state index in [1.54, 1.807) is 12.1 Å². The number of amides is 1. The van der Waals surface area contributed by atoms with Gasteiger partial charge in [0.15, 0.2) is 0 Å². The van der Waals surface area contributed by atoms with Gasteiger partial charge in [0.05, 0.1) is 0 Å². The minimum Gasteiger partial charge on any atom is -0.466 e. The first-order valence-electron chi connectivity index (χ1n) is 7.90. The minimum absolute atomic E-state index is 0.239. The van der Waals surface area contributed by atoms with E-state index in [4.69, 9.17) is 21.7 Å². The molecule has 1 rings (SSSR count). The molecule has 0 aliphatic rings. The molecule has 1 aromatic rings. The lowest BCUT2D eigenvalue weighted by Gasteiger charge is -2.35. The molecule has 2 N–H and O–H groups in total. The zero-order chi connectivity index (χ0) is 18.7. The molecule has 0 aliphatic carbocycles. The number of thiol groups is 1. The Morgan fingerprint density at radius 3 is 2.04 bits per heavy atom. The van der Waals surface area contributed by atoms with Gasteiger partial charge in [-0.1, -0.05) is 38.6 Å². The van der Waals surface area contributed by atoms with Gasteiger partial charge in [-0.3, -0.25) is 4.79 Å². The van der Waals surface area contributed by atoms with Gasteiger partial charge >= 0.3 is 0 Å². The predicted molar refractivity (Wildman–Crippen MR) is 104 cm³/mol. The van der Waals surface area contributed by atoms with E-state index in [-0.39, 0.29) is 5.82 Å². The Labute approximate surface area is 155 Å². The fraction of sp³-hybridized carbons (Fsp3) is 0.529. The second kappa shape index (κ2) is 12.1. The van der Waals surface area contributed by atoms with E-state index in [9.17, 15) is 4.39 Å². The molecule has 0 spiro atoms. The lowest BCUT2D eigenvalue weighted by Crippen LogP contribution is -2.44. The Morgan fingerprint density at radius 1 is 1.25 bits per heavy atom. The van der Waals surface area contributed by atoms with E-state index in [0.29, 0.717) is 23.9 Å². The zero-order valence-corrected chi connectivity index (χ0v) is 16.4. The second-order valence-electron chi connectivity index (χ2n) is 5.44. The summed E-state index contributed by atoms with van der Waals surface area (Å²) in [6.45, 7) is 8.97. The zero-order valence-electron chi connectivity index (χ0n) is 14.7. The monoisotopic (exact) mass is 374 g/mol. The average molecular weight is 375 g/mol. The van der Waals surface area contributed by atoms with E-state index in [1.165, 1.54) is 12.1 Å². The molecule has 0 bridgehead atoms. The summed E-state index contributed by atoms with van der Waals surface area (Å²) in [5.74, 6) is -0.239. The summed E-state index contributed by atoms with van der Waals surface area (Å²) >= 11 is 8.52. The molecule has 0 aliphatic heterocycles. The number of benzene rings is 1. The van der Waals surface area contributed by atoms with Crippen molar-refractivity contribution in [2.24, 2.45) is 5.73 Å². The highest BCUT2D eigenvalue weighted by molar-refractivity contribution is 7.96. The smallest absolute Gasteiger partial charge is 0.273 e. The Balaban J connectivity index is 0.00000118. The van der Waals surface area contributed by atoms with Crippen LogP contribution >= 0.6 is 24.8 Å². The first kappa shape index (κ1) is 22.7. The van der Waals surface area contributed by atoms with Crippen molar-refractivity contribution in [2.45, 2.75) is 59.2 Å². The largest absolute Gasteiger partial charge is 0.466 e. The van der Waals surface area contributed by atoms with Gasteiger partial charge in [0.2, 0.25) is 0 Å². The number of halogens is 1. The van der Waals surface area contributed by atoms with Crippen molar-refractivity contribution in [3.8, 4) is 0 Å². The number of hydrogen-bond donors (Lipinski definition) is 2. The third-order valence-electron chi connectivity index (χ3n) is 3.62. The van der Waals surface area contributed by atoms with Crippen molar-refractivity contribution < 1.29 is 13.9 Å². The Kier molecular flexibility index (Phi) is 11.4. The number of nitrogens with zero attached hydrogens (tertiary/aromatic N) is 1. The van der Waals surface area contributed by atoms with Gasteiger partial charge in [-0.15, -0.1) is 0 Å². The maximum absolute atomic E-state index is 12.8. The van der Waals surface area contributed by atoms with Crippen LogP contribution < -0.4 is 5.73 Å². The number of thiocarbonyl (C=S) groups is 1. The van der Waals surface area contributed by atoms with Crippen LogP contribution in [-0.2, 0) is 11.3 Å². The van der Waals surface area contributed by atoms with Crippen LogP contribution in [0.3, 0.4) is 0 Å². The third-order valence-corrected chi connectivity index (χ3v) is 3.95. The van der Waals surface area contributed by atoms with E-state index >= 15 is 0 Å². The molecule has 0 aromatic heterocycles. The summed E-state index contributed by atoms with van der Waals surface area (Å²) in [4.78, 5) is 11.2.